The molecule has 3 aliphatic heterocycles. The van der Waals surface area contributed by atoms with Crippen molar-refractivity contribution in [1.29, 1.82) is 0 Å². The van der Waals surface area contributed by atoms with Gasteiger partial charge in [-0.3, -0.25) is 4.79 Å². The SMILES string of the molecule is O=C(Cc1ccccc1C(F)(F)F)N1CCC2(CCNC[C@H]2c2ccc(F)cc2O[C@@H]2CCOC2)CC1. The first-order chi connectivity index (χ1) is 17.7. The van der Waals surface area contributed by atoms with Gasteiger partial charge in [0.2, 0.25) is 5.91 Å². The van der Waals surface area contributed by atoms with Crippen molar-refractivity contribution in [3.8, 4) is 5.75 Å². The van der Waals surface area contributed by atoms with Crippen LogP contribution in [0.25, 0.3) is 0 Å². The fraction of sp³-hybridized carbons (Fsp3) is 0.536. The smallest absolute Gasteiger partial charge is 0.416 e. The fourth-order valence-corrected chi connectivity index (χ4v) is 6.12. The summed E-state index contributed by atoms with van der Waals surface area (Å²) >= 11 is 0. The normalized spacial score (nSPS) is 23.8. The molecule has 200 valence electrons. The number of benzene rings is 2. The zero-order chi connectivity index (χ0) is 26.0. The third-order valence-corrected chi connectivity index (χ3v) is 8.20. The van der Waals surface area contributed by atoms with E-state index in [0.29, 0.717) is 32.1 Å². The minimum Gasteiger partial charge on any atom is -0.488 e. The lowest BCUT2D eigenvalue weighted by Gasteiger charge is -2.50. The molecule has 37 heavy (non-hydrogen) atoms. The Morgan fingerprint density at radius 3 is 2.65 bits per heavy atom. The molecule has 1 N–H and O–H groups in total. The second-order valence-electron chi connectivity index (χ2n) is 10.4. The zero-order valence-electron chi connectivity index (χ0n) is 20.7. The number of piperidine rings is 2. The van der Waals surface area contributed by atoms with Crippen molar-refractivity contribution < 1.29 is 31.8 Å². The van der Waals surface area contributed by atoms with Gasteiger partial charge in [-0.05, 0) is 54.5 Å². The van der Waals surface area contributed by atoms with Gasteiger partial charge in [0.1, 0.15) is 17.7 Å². The molecule has 0 unspecified atom stereocenters. The van der Waals surface area contributed by atoms with E-state index in [2.05, 4.69) is 5.32 Å². The van der Waals surface area contributed by atoms with Crippen molar-refractivity contribution in [1.82, 2.24) is 10.2 Å². The van der Waals surface area contributed by atoms with Crippen molar-refractivity contribution in [3.63, 3.8) is 0 Å². The first-order valence-electron chi connectivity index (χ1n) is 12.9. The molecule has 5 nitrogen and oxygen atoms in total. The van der Waals surface area contributed by atoms with E-state index in [4.69, 9.17) is 9.47 Å². The van der Waals surface area contributed by atoms with Gasteiger partial charge in [0.25, 0.3) is 0 Å². The van der Waals surface area contributed by atoms with Gasteiger partial charge in [-0.1, -0.05) is 24.3 Å². The average molecular weight is 521 g/mol. The van der Waals surface area contributed by atoms with Crippen molar-refractivity contribution >= 4 is 5.91 Å². The second kappa shape index (κ2) is 10.6. The van der Waals surface area contributed by atoms with Crippen LogP contribution in [0.15, 0.2) is 42.5 Å². The van der Waals surface area contributed by atoms with Gasteiger partial charge in [-0.25, -0.2) is 4.39 Å². The van der Waals surface area contributed by atoms with Crippen LogP contribution in [0.2, 0.25) is 0 Å². The quantitative estimate of drug-likeness (QED) is 0.568. The van der Waals surface area contributed by atoms with Gasteiger partial charge in [-0.15, -0.1) is 0 Å². The summed E-state index contributed by atoms with van der Waals surface area (Å²) < 4.78 is 66.0. The maximum absolute atomic E-state index is 14.2. The van der Waals surface area contributed by atoms with Crippen molar-refractivity contribution in [2.24, 2.45) is 5.41 Å². The molecular weight excluding hydrogens is 488 g/mol. The molecule has 3 aliphatic rings. The van der Waals surface area contributed by atoms with Crippen molar-refractivity contribution in [3.05, 3.63) is 65.0 Å². The van der Waals surface area contributed by atoms with Gasteiger partial charge < -0.3 is 19.7 Å². The highest BCUT2D eigenvalue weighted by Gasteiger charge is 2.45. The number of nitrogens with zero attached hydrogens (tertiary/aromatic N) is 1. The van der Waals surface area contributed by atoms with Gasteiger partial charge in [0.15, 0.2) is 0 Å². The highest BCUT2D eigenvalue weighted by Crippen LogP contribution is 2.50. The largest absolute Gasteiger partial charge is 0.488 e. The van der Waals surface area contributed by atoms with Gasteiger partial charge >= 0.3 is 6.18 Å². The number of ether oxygens (including phenoxy) is 2. The van der Waals surface area contributed by atoms with E-state index in [0.717, 1.165) is 50.4 Å². The minimum atomic E-state index is -4.50. The summed E-state index contributed by atoms with van der Waals surface area (Å²) in [7, 11) is 0. The Bertz CT molecular complexity index is 1110. The summed E-state index contributed by atoms with van der Waals surface area (Å²) in [6, 6.07) is 9.99. The first-order valence-corrected chi connectivity index (χ1v) is 12.9. The standard InChI is InChI=1S/C28H32F4N2O3/c29-20-5-6-22(25(16-20)37-21-7-14-36-18-21)24-17-33-11-8-27(24)9-12-34(13-10-27)26(35)15-19-3-1-2-4-23(19)28(30,31)32/h1-6,16,21,24,33H,7-15,17-18H2/t21-,24+/m1/s1. The molecule has 0 aromatic heterocycles. The summed E-state index contributed by atoms with van der Waals surface area (Å²) in [6.07, 6.45) is -1.74. The zero-order valence-corrected chi connectivity index (χ0v) is 20.7. The number of nitrogens with one attached hydrogen (secondary N) is 1. The number of hydrogen-bond acceptors (Lipinski definition) is 4. The number of carbonyl (C=O) groups is 1. The van der Waals surface area contributed by atoms with Crippen LogP contribution < -0.4 is 10.1 Å². The summed E-state index contributed by atoms with van der Waals surface area (Å²) in [5.41, 5.74) is 0.101. The minimum absolute atomic E-state index is 0.00373. The number of halogens is 4. The predicted molar refractivity (Wildman–Crippen MR) is 130 cm³/mol. The third-order valence-electron chi connectivity index (χ3n) is 8.20. The lowest BCUT2D eigenvalue weighted by molar-refractivity contribution is -0.139. The van der Waals surface area contributed by atoms with Crippen LogP contribution in [0, 0.1) is 11.2 Å². The number of amides is 1. The van der Waals surface area contributed by atoms with Crippen LogP contribution in [0.4, 0.5) is 17.6 Å². The number of rotatable bonds is 5. The van der Waals surface area contributed by atoms with Gasteiger partial charge in [-0.2, -0.15) is 13.2 Å². The predicted octanol–water partition coefficient (Wildman–Crippen LogP) is 4.94. The molecule has 0 saturated carbocycles. The van der Waals surface area contributed by atoms with Crippen LogP contribution >= 0.6 is 0 Å². The molecule has 0 aliphatic carbocycles. The molecular formula is C28H32F4N2O3. The van der Waals surface area contributed by atoms with Crippen LogP contribution in [0.5, 0.6) is 5.75 Å². The molecule has 3 fully saturated rings. The number of carbonyl (C=O) groups excluding carboxylic acids is 1. The Kier molecular flexibility index (Phi) is 7.45. The van der Waals surface area contributed by atoms with Crippen LogP contribution in [-0.4, -0.2) is 56.3 Å². The number of alkyl halides is 3. The Morgan fingerprint density at radius 1 is 1.14 bits per heavy atom. The van der Waals surface area contributed by atoms with E-state index >= 15 is 0 Å². The second-order valence-corrected chi connectivity index (χ2v) is 10.4. The van der Waals surface area contributed by atoms with Gasteiger partial charge in [0.05, 0.1) is 25.2 Å². The third kappa shape index (κ3) is 5.62. The molecule has 3 saturated heterocycles. The Labute approximate surface area is 214 Å². The van der Waals surface area contributed by atoms with E-state index in [-0.39, 0.29) is 41.1 Å². The summed E-state index contributed by atoms with van der Waals surface area (Å²) in [5.74, 6) is -0.0210. The van der Waals surface area contributed by atoms with Crippen LogP contribution in [0.3, 0.4) is 0 Å². The van der Waals surface area contributed by atoms with E-state index in [1.807, 2.05) is 6.07 Å². The van der Waals surface area contributed by atoms with E-state index < -0.39 is 11.7 Å². The van der Waals surface area contributed by atoms with E-state index in [9.17, 15) is 22.4 Å². The highest BCUT2D eigenvalue weighted by molar-refractivity contribution is 5.79. The maximum Gasteiger partial charge on any atom is 0.416 e. The number of likely N-dealkylation sites (tertiary alicyclic amines) is 1. The highest BCUT2D eigenvalue weighted by atomic mass is 19.4. The molecule has 0 bridgehead atoms. The topological polar surface area (TPSA) is 50.8 Å². The summed E-state index contributed by atoms with van der Waals surface area (Å²) in [5, 5.41) is 3.47. The molecule has 0 radical (unpaired) electrons. The molecule has 5 rings (SSSR count). The first kappa shape index (κ1) is 26.0. The molecule has 2 aromatic rings. The van der Waals surface area contributed by atoms with Crippen molar-refractivity contribution in [2.45, 2.75) is 50.3 Å². The average Bonchev–Trinajstić information content (AvgIpc) is 3.38. The maximum atomic E-state index is 14.2. The Morgan fingerprint density at radius 2 is 1.92 bits per heavy atom. The molecule has 2 atom stereocenters. The van der Waals surface area contributed by atoms with E-state index in [1.165, 1.54) is 30.3 Å². The van der Waals surface area contributed by atoms with Crippen molar-refractivity contribution in [2.75, 3.05) is 39.4 Å². The number of hydrogen-bond donors (Lipinski definition) is 1. The lowest BCUT2D eigenvalue weighted by atomic mass is 9.62. The van der Waals surface area contributed by atoms with E-state index in [1.54, 1.807) is 4.90 Å². The molecule has 1 amide bonds. The molecule has 9 heteroatoms. The summed E-state index contributed by atoms with van der Waals surface area (Å²) in [4.78, 5) is 14.7. The Hall–Kier alpha value is -2.65. The Balaban J connectivity index is 1.31. The summed E-state index contributed by atoms with van der Waals surface area (Å²) in [6.45, 7) is 3.64. The molecule has 2 aromatic carbocycles. The molecule has 1 spiro atoms. The lowest BCUT2D eigenvalue weighted by Crippen LogP contribution is -2.51. The fourth-order valence-electron chi connectivity index (χ4n) is 6.12. The van der Waals surface area contributed by atoms with Gasteiger partial charge in [0, 0.05) is 38.0 Å². The monoisotopic (exact) mass is 520 g/mol. The van der Waals surface area contributed by atoms with Crippen LogP contribution in [-0.2, 0) is 22.1 Å². The molecule has 3 heterocycles. The van der Waals surface area contributed by atoms with Crippen LogP contribution in [0.1, 0.15) is 48.3 Å².